The normalized spacial score (nSPS) is 17.5. The summed E-state index contributed by atoms with van der Waals surface area (Å²) in [6, 6.07) is 5.13. The molecule has 0 saturated carbocycles. The first kappa shape index (κ1) is 22.2. The number of benzene rings is 1. The van der Waals surface area contributed by atoms with Crippen molar-refractivity contribution in [1.29, 1.82) is 0 Å². The first-order valence-electron chi connectivity index (χ1n) is 9.12. The average Bonchev–Trinajstić information content (AvgIpc) is 3.26. The van der Waals surface area contributed by atoms with E-state index in [1.807, 2.05) is 0 Å². The van der Waals surface area contributed by atoms with E-state index in [1.54, 1.807) is 6.92 Å². The molecular formula is C19H21FN2O6S2. The molecule has 30 heavy (non-hydrogen) atoms. The van der Waals surface area contributed by atoms with Gasteiger partial charge in [0.15, 0.2) is 16.4 Å². The van der Waals surface area contributed by atoms with Crippen molar-refractivity contribution in [1.82, 2.24) is 9.88 Å². The lowest BCUT2D eigenvalue weighted by molar-refractivity contribution is -0.134. The largest absolute Gasteiger partial charge is 0.486 e. The lowest BCUT2D eigenvalue weighted by Gasteiger charge is -2.23. The van der Waals surface area contributed by atoms with Crippen molar-refractivity contribution in [3.8, 4) is 5.75 Å². The average molecular weight is 457 g/mol. The van der Waals surface area contributed by atoms with E-state index in [9.17, 15) is 22.4 Å². The second kappa shape index (κ2) is 9.09. The molecule has 1 aliphatic rings. The smallest absolute Gasteiger partial charge is 0.350 e. The minimum absolute atomic E-state index is 0.0535. The maximum atomic E-state index is 12.9. The van der Waals surface area contributed by atoms with Crippen molar-refractivity contribution in [2.45, 2.75) is 26.0 Å². The summed E-state index contributed by atoms with van der Waals surface area (Å²) >= 11 is 1.09. The number of halogens is 1. The molecule has 0 N–H and O–H groups in total. The van der Waals surface area contributed by atoms with Crippen LogP contribution in [0.5, 0.6) is 5.75 Å². The van der Waals surface area contributed by atoms with Crippen LogP contribution in [-0.4, -0.2) is 61.4 Å². The van der Waals surface area contributed by atoms with Gasteiger partial charge in [0, 0.05) is 13.1 Å². The molecule has 1 unspecified atom stereocenters. The van der Waals surface area contributed by atoms with Crippen molar-refractivity contribution in [2.24, 2.45) is 0 Å². The first-order valence-corrected chi connectivity index (χ1v) is 11.8. The molecule has 1 fully saturated rings. The molecule has 0 aliphatic carbocycles. The van der Waals surface area contributed by atoms with Crippen LogP contribution in [0.3, 0.4) is 0 Å². The quantitative estimate of drug-likeness (QED) is 0.587. The molecule has 1 amide bonds. The third-order valence-corrected chi connectivity index (χ3v) is 7.54. The summed E-state index contributed by atoms with van der Waals surface area (Å²) in [6.07, 6.45) is 0.379. The minimum Gasteiger partial charge on any atom is -0.486 e. The number of ether oxygens (including phenoxy) is 2. The van der Waals surface area contributed by atoms with Gasteiger partial charge in [-0.05, 0) is 37.6 Å². The van der Waals surface area contributed by atoms with Gasteiger partial charge in [0.25, 0.3) is 5.91 Å². The number of hydrogen-bond donors (Lipinski definition) is 0. The number of thiazole rings is 1. The summed E-state index contributed by atoms with van der Waals surface area (Å²) in [7, 11) is -1.61. The fourth-order valence-electron chi connectivity index (χ4n) is 2.96. The number of likely N-dealkylation sites (N-methyl/N-ethyl adjacent to an activating group) is 1. The second-order valence-corrected chi connectivity index (χ2v) is 10.2. The molecule has 1 saturated heterocycles. The van der Waals surface area contributed by atoms with Crippen LogP contribution in [0.2, 0.25) is 0 Å². The van der Waals surface area contributed by atoms with E-state index in [4.69, 9.17) is 9.47 Å². The Bertz CT molecular complexity index is 1040. The first-order chi connectivity index (χ1) is 14.1. The zero-order valence-corrected chi connectivity index (χ0v) is 18.1. The number of carbonyl (C=O) groups is 2. The number of sulfone groups is 1. The predicted octanol–water partition coefficient (Wildman–Crippen LogP) is 1.97. The molecule has 162 valence electrons. The maximum absolute atomic E-state index is 12.9. The molecular weight excluding hydrogens is 435 g/mol. The molecule has 0 spiro atoms. The van der Waals surface area contributed by atoms with Gasteiger partial charge in [0.05, 0.1) is 17.2 Å². The SMILES string of the molecule is Cc1nc(COc2ccc(F)cc2)sc1C(=O)OCC(=O)N(C)C1CCS(=O)(=O)C1. The number of nitrogens with zero attached hydrogens (tertiary/aromatic N) is 2. The minimum atomic E-state index is -3.12. The van der Waals surface area contributed by atoms with E-state index in [-0.39, 0.29) is 28.8 Å². The summed E-state index contributed by atoms with van der Waals surface area (Å²) in [5.74, 6) is -1.07. The Balaban J connectivity index is 1.52. The highest BCUT2D eigenvalue weighted by molar-refractivity contribution is 7.91. The fourth-order valence-corrected chi connectivity index (χ4v) is 5.60. The lowest BCUT2D eigenvalue weighted by Crippen LogP contribution is -2.40. The lowest BCUT2D eigenvalue weighted by atomic mass is 10.2. The summed E-state index contributed by atoms with van der Waals surface area (Å²) in [6.45, 7) is 1.26. The van der Waals surface area contributed by atoms with Crippen LogP contribution in [0, 0.1) is 12.7 Å². The Kier molecular flexibility index (Phi) is 6.71. The zero-order chi connectivity index (χ0) is 21.9. The van der Waals surface area contributed by atoms with Gasteiger partial charge in [-0.15, -0.1) is 11.3 Å². The summed E-state index contributed by atoms with van der Waals surface area (Å²) in [4.78, 5) is 30.4. The standard InChI is InChI=1S/C19H21FN2O6S2/c1-12-18(29-16(21-12)9-27-15-5-3-13(20)4-6-15)19(24)28-10-17(23)22(2)14-7-8-30(25,26)11-14/h3-6,14H,7-11H2,1-2H3. The molecule has 2 heterocycles. The number of aromatic nitrogens is 1. The predicted molar refractivity (Wildman–Crippen MR) is 108 cm³/mol. The van der Waals surface area contributed by atoms with Crippen molar-refractivity contribution in [3.05, 3.63) is 45.7 Å². The Morgan fingerprint density at radius 3 is 2.63 bits per heavy atom. The van der Waals surface area contributed by atoms with Gasteiger partial charge in [0.2, 0.25) is 0 Å². The van der Waals surface area contributed by atoms with E-state index >= 15 is 0 Å². The van der Waals surface area contributed by atoms with Crippen LogP contribution in [0.4, 0.5) is 4.39 Å². The van der Waals surface area contributed by atoms with E-state index < -0.39 is 34.4 Å². The second-order valence-electron chi connectivity index (χ2n) is 6.90. The molecule has 1 atom stereocenters. The van der Waals surface area contributed by atoms with Crippen molar-refractivity contribution < 1.29 is 31.9 Å². The summed E-state index contributed by atoms with van der Waals surface area (Å²) in [5, 5.41) is 0.531. The van der Waals surface area contributed by atoms with E-state index in [2.05, 4.69) is 4.98 Å². The molecule has 11 heteroatoms. The Hall–Kier alpha value is -2.53. The zero-order valence-electron chi connectivity index (χ0n) is 16.5. The van der Waals surface area contributed by atoms with Gasteiger partial charge in [-0.2, -0.15) is 0 Å². The molecule has 1 aromatic carbocycles. The van der Waals surface area contributed by atoms with Crippen LogP contribution in [0.25, 0.3) is 0 Å². The topological polar surface area (TPSA) is 103 Å². The molecule has 8 nitrogen and oxygen atoms in total. The van der Waals surface area contributed by atoms with Gasteiger partial charge in [-0.1, -0.05) is 0 Å². The van der Waals surface area contributed by atoms with Crippen LogP contribution in [0.1, 0.15) is 26.8 Å². The number of amides is 1. The fraction of sp³-hybridized carbons (Fsp3) is 0.421. The highest BCUT2D eigenvalue weighted by atomic mass is 32.2. The highest BCUT2D eigenvalue weighted by Gasteiger charge is 2.33. The van der Waals surface area contributed by atoms with E-state index in [0.717, 1.165) is 11.3 Å². The van der Waals surface area contributed by atoms with Crippen molar-refractivity contribution in [2.75, 3.05) is 25.2 Å². The number of carbonyl (C=O) groups excluding carboxylic acids is 2. The van der Waals surface area contributed by atoms with Crippen LogP contribution in [0.15, 0.2) is 24.3 Å². The van der Waals surface area contributed by atoms with Crippen molar-refractivity contribution >= 4 is 33.1 Å². The molecule has 1 aliphatic heterocycles. The maximum Gasteiger partial charge on any atom is 0.350 e. The number of hydrogen-bond acceptors (Lipinski definition) is 8. The highest BCUT2D eigenvalue weighted by Crippen LogP contribution is 2.22. The van der Waals surface area contributed by atoms with Gasteiger partial charge in [0.1, 0.15) is 28.1 Å². The van der Waals surface area contributed by atoms with E-state index in [1.165, 1.54) is 36.2 Å². The molecule has 0 bridgehead atoms. The molecule has 3 rings (SSSR count). The summed E-state index contributed by atoms with van der Waals surface area (Å²) in [5.41, 5.74) is 0.449. The third kappa shape index (κ3) is 5.54. The number of rotatable bonds is 7. The number of aryl methyl sites for hydroxylation is 1. The van der Waals surface area contributed by atoms with Crippen LogP contribution in [-0.2, 0) is 26.0 Å². The molecule has 0 radical (unpaired) electrons. The van der Waals surface area contributed by atoms with E-state index in [0.29, 0.717) is 22.9 Å². The summed E-state index contributed by atoms with van der Waals surface area (Å²) < 4.78 is 46.7. The van der Waals surface area contributed by atoms with Crippen LogP contribution >= 0.6 is 11.3 Å². The Morgan fingerprint density at radius 2 is 2.00 bits per heavy atom. The van der Waals surface area contributed by atoms with Gasteiger partial charge >= 0.3 is 5.97 Å². The van der Waals surface area contributed by atoms with Gasteiger partial charge in [-0.3, -0.25) is 4.79 Å². The van der Waals surface area contributed by atoms with Crippen LogP contribution < -0.4 is 4.74 Å². The third-order valence-electron chi connectivity index (χ3n) is 4.68. The van der Waals surface area contributed by atoms with Gasteiger partial charge in [-0.25, -0.2) is 22.6 Å². The van der Waals surface area contributed by atoms with Gasteiger partial charge < -0.3 is 14.4 Å². The molecule has 1 aromatic heterocycles. The monoisotopic (exact) mass is 456 g/mol. The Labute approximate surface area is 177 Å². The van der Waals surface area contributed by atoms with Crippen molar-refractivity contribution in [3.63, 3.8) is 0 Å². The number of esters is 1. The Morgan fingerprint density at radius 1 is 1.30 bits per heavy atom. The molecule has 2 aromatic rings.